The molecule has 0 radical (unpaired) electrons. The van der Waals surface area contributed by atoms with Crippen molar-refractivity contribution >= 4 is 10.0 Å². The second-order valence-corrected chi connectivity index (χ2v) is 7.22. The average Bonchev–Trinajstić information content (AvgIpc) is 2.82. The first-order valence-electron chi connectivity index (χ1n) is 7.35. The normalized spacial score (nSPS) is 12.5. The van der Waals surface area contributed by atoms with Crippen LogP contribution in [0.15, 0.2) is 17.2 Å². The van der Waals surface area contributed by atoms with Gasteiger partial charge in [-0.1, -0.05) is 0 Å². The van der Waals surface area contributed by atoms with E-state index in [-0.39, 0.29) is 0 Å². The number of hydrogen-bond acceptors (Lipinski definition) is 4. The zero-order valence-electron chi connectivity index (χ0n) is 13.7. The summed E-state index contributed by atoms with van der Waals surface area (Å²) in [5.41, 5.74) is 0.972. The van der Waals surface area contributed by atoms with Crippen LogP contribution in [0.4, 0.5) is 0 Å². The molecule has 0 spiro atoms. The van der Waals surface area contributed by atoms with E-state index in [2.05, 4.69) is 28.8 Å². The molecule has 0 unspecified atom stereocenters. The second kappa shape index (κ2) is 7.93. The molecule has 1 aromatic heterocycles. The molecule has 0 aliphatic rings. The average molecular weight is 316 g/mol. The molecule has 122 valence electrons. The molecule has 0 atom stereocenters. The van der Waals surface area contributed by atoms with E-state index in [4.69, 9.17) is 0 Å². The number of aryl methyl sites for hydroxylation is 1. The van der Waals surface area contributed by atoms with Crippen molar-refractivity contribution in [2.75, 3.05) is 27.2 Å². The van der Waals surface area contributed by atoms with Crippen molar-refractivity contribution < 1.29 is 8.42 Å². The molecule has 1 aromatic rings. The minimum absolute atomic E-state index is 0.335. The summed E-state index contributed by atoms with van der Waals surface area (Å²) < 4.78 is 29.2. The fraction of sp³-hybridized carbons (Fsp3) is 0.714. The van der Waals surface area contributed by atoms with Crippen molar-refractivity contribution in [2.24, 2.45) is 0 Å². The van der Waals surface area contributed by atoms with Crippen molar-refractivity contribution in [3.05, 3.63) is 18.0 Å². The van der Waals surface area contributed by atoms with E-state index in [0.29, 0.717) is 30.6 Å². The van der Waals surface area contributed by atoms with E-state index >= 15 is 0 Å². The third-order valence-corrected chi connectivity index (χ3v) is 5.04. The molecule has 0 saturated heterocycles. The first-order valence-corrected chi connectivity index (χ1v) is 8.83. The van der Waals surface area contributed by atoms with Crippen LogP contribution >= 0.6 is 0 Å². The van der Waals surface area contributed by atoms with Gasteiger partial charge in [0.2, 0.25) is 10.0 Å². The Labute approximate surface area is 128 Å². The molecule has 0 bridgehead atoms. The molecule has 0 aliphatic carbocycles. The molecule has 6 nitrogen and oxygen atoms in total. The number of sulfonamides is 1. The van der Waals surface area contributed by atoms with Gasteiger partial charge in [0, 0.05) is 44.1 Å². The zero-order chi connectivity index (χ0) is 16.0. The van der Waals surface area contributed by atoms with E-state index < -0.39 is 10.0 Å². The Bertz CT molecular complexity index is 537. The van der Waals surface area contributed by atoms with Gasteiger partial charge in [0.25, 0.3) is 0 Å². The van der Waals surface area contributed by atoms with Crippen molar-refractivity contribution in [1.82, 2.24) is 19.5 Å². The molecule has 7 heteroatoms. The lowest BCUT2D eigenvalue weighted by Crippen LogP contribution is -2.36. The standard InChI is InChI=1S/C14H28N4O2S/c1-6-18-11-14(9-13(18)10-15-4)21(19,20)16-7-8-17(5)12(2)3/h9,11-12,15-16H,6-8,10H2,1-5H3. The second-order valence-electron chi connectivity index (χ2n) is 5.46. The van der Waals surface area contributed by atoms with Crippen LogP contribution in [0.3, 0.4) is 0 Å². The van der Waals surface area contributed by atoms with Gasteiger partial charge in [0.05, 0.1) is 4.90 Å². The molecule has 0 fully saturated rings. The number of hydrogen-bond donors (Lipinski definition) is 2. The highest BCUT2D eigenvalue weighted by Crippen LogP contribution is 2.14. The maximum atomic E-state index is 12.3. The molecule has 1 rings (SSSR count). The van der Waals surface area contributed by atoms with Crippen LogP contribution < -0.4 is 10.0 Å². The summed E-state index contributed by atoms with van der Waals surface area (Å²) in [5, 5.41) is 3.05. The molecule has 0 amide bonds. The van der Waals surface area contributed by atoms with E-state index in [1.165, 1.54) is 0 Å². The van der Waals surface area contributed by atoms with Crippen LogP contribution in [0.25, 0.3) is 0 Å². The predicted octanol–water partition coefficient (Wildman–Crippen LogP) is 0.846. The fourth-order valence-corrected chi connectivity index (χ4v) is 3.08. The lowest BCUT2D eigenvalue weighted by molar-refractivity contribution is 0.278. The van der Waals surface area contributed by atoms with Gasteiger partial charge in [-0.25, -0.2) is 13.1 Å². The Hall–Kier alpha value is -0.890. The zero-order valence-corrected chi connectivity index (χ0v) is 14.5. The number of nitrogens with one attached hydrogen (secondary N) is 2. The molecule has 0 aliphatic heterocycles. The molecule has 2 N–H and O–H groups in total. The number of nitrogens with zero attached hydrogens (tertiary/aromatic N) is 2. The summed E-state index contributed by atoms with van der Waals surface area (Å²) in [6.45, 7) is 8.67. The summed E-state index contributed by atoms with van der Waals surface area (Å²) in [6.07, 6.45) is 1.70. The summed E-state index contributed by atoms with van der Waals surface area (Å²) in [6, 6.07) is 2.13. The highest BCUT2D eigenvalue weighted by atomic mass is 32.2. The Kier molecular flexibility index (Phi) is 6.86. The lowest BCUT2D eigenvalue weighted by Gasteiger charge is -2.20. The van der Waals surface area contributed by atoms with Gasteiger partial charge in [-0.3, -0.25) is 0 Å². The van der Waals surface area contributed by atoms with Crippen LogP contribution in [0.5, 0.6) is 0 Å². The topological polar surface area (TPSA) is 66.4 Å². The van der Waals surface area contributed by atoms with Crippen LogP contribution in [-0.2, 0) is 23.1 Å². The van der Waals surface area contributed by atoms with E-state index in [0.717, 1.165) is 12.2 Å². The van der Waals surface area contributed by atoms with Gasteiger partial charge in [0.1, 0.15) is 0 Å². The Balaban J connectivity index is 2.74. The van der Waals surface area contributed by atoms with Crippen molar-refractivity contribution in [3.63, 3.8) is 0 Å². The van der Waals surface area contributed by atoms with Crippen LogP contribution in [-0.4, -0.2) is 51.1 Å². The quantitative estimate of drug-likeness (QED) is 0.709. The number of likely N-dealkylation sites (N-methyl/N-ethyl adjacent to an activating group) is 1. The van der Waals surface area contributed by atoms with Gasteiger partial charge >= 0.3 is 0 Å². The predicted molar refractivity (Wildman–Crippen MR) is 85.8 cm³/mol. The molecule has 0 aromatic carbocycles. The smallest absolute Gasteiger partial charge is 0.242 e. The molecule has 21 heavy (non-hydrogen) atoms. The van der Waals surface area contributed by atoms with Gasteiger partial charge in [0.15, 0.2) is 0 Å². The summed E-state index contributed by atoms with van der Waals surface area (Å²) in [4.78, 5) is 2.44. The first-order chi connectivity index (χ1) is 9.81. The van der Waals surface area contributed by atoms with Gasteiger partial charge in [-0.2, -0.15) is 0 Å². The first kappa shape index (κ1) is 18.2. The van der Waals surface area contributed by atoms with Crippen molar-refractivity contribution in [1.29, 1.82) is 0 Å². The van der Waals surface area contributed by atoms with Gasteiger partial charge in [-0.05, 0) is 40.9 Å². The number of aromatic nitrogens is 1. The largest absolute Gasteiger partial charge is 0.349 e. The maximum Gasteiger partial charge on any atom is 0.242 e. The summed E-state index contributed by atoms with van der Waals surface area (Å²) >= 11 is 0. The van der Waals surface area contributed by atoms with E-state index in [9.17, 15) is 8.42 Å². The highest BCUT2D eigenvalue weighted by molar-refractivity contribution is 7.89. The monoisotopic (exact) mass is 316 g/mol. The Morgan fingerprint density at radius 1 is 1.38 bits per heavy atom. The molecule has 0 saturated carbocycles. The SMILES string of the molecule is CCn1cc(S(=O)(=O)NCCN(C)C(C)C)cc1CNC. The highest BCUT2D eigenvalue weighted by Gasteiger charge is 2.17. The van der Waals surface area contributed by atoms with E-state index in [1.807, 2.05) is 25.6 Å². The third kappa shape index (κ3) is 5.10. The third-order valence-electron chi connectivity index (χ3n) is 3.61. The van der Waals surface area contributed by atoms with Crippen LogP contribution in [0, 0.1) is 0 Å². The minimum atomic E-state index is -3.44. The Morgan fingerprint density at radius 3 is 2.57 bits per heavy atom. The summed E-state index contributed by atoms with van der Waals surface area (Å²) in [5.74, 6) is 0. The fourth-order valence-electron chi connectivity index (χ4n) is 1.99. The summed E-state index contributed by atoms with van der Waals surface area (Å²) in [7, 11) is 0.395. The molecular weight excluding hydrogens is 288 g/mol. The van der Waals surface area contributed by atoms with Crippen molar-refractivity contribution in [3.8, 4) is 0 Å². The molecular formula is C14H28N4O2S. The maximum absolute atomic E-state index is 12.3. The van der Waals surface area contributed by atoms with Crippen molar-refractivity contribution in [2.45, 2.75) is 44.8 Å². The van der Waals surface area contributed by atoms with Crippen LogP contribution in [0.2, 0.25) is 0 Å². The Morgan fingerprint density at radius 2 is 2.05 bits per heavy atom. The van der Waals surface area contributed by atoms with E-state index in [1.54, 1.807) is 12.3 Å². The lowest BCUT2D eigenvalue weighted by atomic mass is 10.3. The van der Waals surface area contributed by atoms with Gasteiger partial charge in [-0.15, -0.1) is 0 Å². The minimum Gasteiger partial charge on any atom is -0.349 e. The van der Waals surface area contributed by atoms with Gasteiger partial charge < -0.3 is 14.8 Å². The van der Waals surface area contributed by atoms with Crippen LogP contribution in [0.1, 0.15) is 26.5 Å². The number of rotatable bonds is 9. The molecule has 1 heterocycles.